The molecule has 1 aliphatic rings. The van der Waals surface area contributed by atoms with E-state index < -0.39 is 0 Å². The minimum Gasteiger partial charge on any atom is -0.469 e. The molecule has 0 bridgehead atoms. The highest BCUT2D eigenvalue weighted by molar-refractivity contribution is 5.71. The van der Waals surface area contributed by atoms with Crippen molar-refractivity contribution in [3.05, 3.63) is 11.7 Å². The average Bonchev–Trinajstić information content (AvgIpc) is 2.89. The molecule has 19 heavy (non-hydrogen) atoms. The van der Waals surface area contributed by atoms with Crippen LogP contribution in [0.3, 0.4) is 0 Å². The van der Waals surface area contributed by atoms with Gasteiger partial charge < -0.3 is 14.0 Å². The zero-order chi connectivity index (χ0) is 13.7. The van der Waals surface area contributed by atoms with Crippen LogP contribution < -0.4 is 0 Å². The Morgan fingerprint density at radius 2 is 2.11 bits per heavy atom. The monoisotopic (exact) mass is 268 g/mol. The molecule has 1 atom stereocenters. The van der Waals surface area contributed by atoms with E-state index in [-0.39, 0.29) is 24.4 Å². The number of hydrogen-bond acceptors (Lipinski definition) is 6. The van der Waals surface area contributed by atoms with Crippen molar-refractivity contribution in [3.63, 3.8) is 0 Å². The molecule has 0 amide bonds. The van der Waals surface area contributed by atoms with Gasteiger partial charge in [-0.25, -0.2) is 0 Å². The van der Waals surface area contributed by atoms with Gasteiger partial charge in [-0.05, 0) is 18.8 Å². The van der Waals surface area contributed by atoms with Gasteiger partial charge in [0.2, 0.25) is 11.7 Å². The summed E-state index contributed by atoms with van der Waals surface area (Å²) in [5.41, 5.74) is 0. The highest BCUT2D eigenvalue weighted by Crippen LogP contribution is 2.35. The summed E-state index contributed by atoms with van der Waals surface area (Å²) in [4.78, 5) is 15.4. The molecule has 0 saturated heterocycles. The summed E-state index contributed by atoms with van der Waals surface area (Å²) in [7, 11) is 3.00. The molecule has 1 aliphatic carbocycles. The molecule has 0 spiro atoms. The van der Waals surface area contributed by atoms with Gasteiger partial charge in [0.05, 0.1) is 7.11 Å². The SMILES string of the molecule is COC(=O)Cc1nc(C(OC)C2CCCCC2)no1. The van der Waals surface area contributed by atoms with Crippen LogP contribution in [0.4, 0.5) is 0 Å². The van der Waals surface area contributed by atoms with Crippen LogP contribution in [-0.4, -0.2) is 30.3 Å². The van der Waals surface area contributed by atoms with E-state index in [0.717, 1.165) is 12.8 Å². The van der Waals surface area contributed by atoms with Gasteiger partial charge in [0.15, 0.2) is 0 Å². The van der Waals surface area contributed by atoms with E-state index in [1.807, 2.05) is 0 Å². The third-order valence-corrected chi connectivity index (χ3v) is 3.59. The standard InChI is InChI=1S/C13H20N2O4/c1-17-11(16)8-10-14-13(15-19-10)12(18-2)9-6-4-3-5-7-9/h9,12H,3-8H2,1-2H3. The zero-order valence-corrected chi connectivity index (χ0v) is 11.4. The molecule has 1 heterocycles. The Labute approximate surface area is 112 Å². The van der Waals surface area contributed by atoms with Crippen molar-refractivity contribution in [3.8, 4) is 0 Å². The highest BCUT2D eigenvalue weighted by Gasteiger charge is 2.29. The molecule has 1 aromatic heterocycles. The second-order valence-electron chi connectivity index (χ2n) is 4.85. The molecule has 0 aromatic carbocycles. The van der Waals surface area contributed by atoms with Crippen LogP contribution in [0.15, 0.2) is 4.52 Å². The third-order valence-electron chi connectivity index (χ3n) is 3.59. The van der Waals surface area contributed by atoms with E-state index in [9.17, 15) is 4.79 Å². The number of methoxy groups -OCH3 is 2. The lowest BCUT2D eigenvalue weighted by Crippen LogP contribution is -2.19. The molecule has 6 nitrogen and oxygen atoms in total. The number of carbonyl (C=O) groups excluding carboxylic acids is 1. The van der Waals surface area contributed by atoms with E-state index in [0.29, 0.717) is 11.7 Å². The van der Waals surface area contributed by atoms with Crippen molar-refractivity contribution >= 4 is 5.97 Å². The van der Waals surface area contributed by atoms with Crippen LogP contribution in [0.25, 0.3) is 0 Å². The molecule has 1 saturated carbocycles. The normalized spacial score (nSPS) is 18.2. The van der Waals surface area contributed by atoms with Gasteiger partial charge in [0.25, 0.3) is 0 Å². The topological polar surface area (TPSA) is 74.5 Å². The first-order chi connectivity index (χ1) is 9.24. The van der Waals surface area contributed by atoms with Crippen molar-refractivity contribution in [1.82, 2.24) is 10.1 Å². The number of hydrogen-bond donors (Lipinski definition) is 0. The quantitative estimate of drug-likeness (QED) is 0.761. The van der Waals surface area contributed by atoms with E-state index in [2.05, 4.69) is 14.9 Å². The van der Waals surface area contributed by atoms with Crippen molar-refractivity contribution in [2.45, 2.75) is 44.6 Å². The molecule has 0 aliphatic heterocycles. The van der Waals surface area contributed by atoms with Gasteiger partial charge >= 0.3 is 5.97 Å². The lowest BCUT2D eigenvalue weighted by Gasteiger charge is -2.26. The van der Waals surface area contributed by atoms with Crippen molar-refractivity contribution < 1.29 is 18.8 Å². The number of esters is 1. The number of ether oxygens (including phenoxy) is 2. The summed E-state index contributed by atoms with van der Waals surface area (Å²) in [6.45, 7) is 0. The molecule has 0 radical (unpaired) electrons. The van der Waals surface area contributed by atoms with Crippen LogP contribution in [0.5, 0.6) is 0 Å². The minimum atomic E-state index is -0.387. The summed E-state index contributed by atoms with van der Waals surface area (Å²) in [6, 6.07) is 0. The fraction of sp³-hybridized carbons (Fsp3) is 0.769. The Hall–Kier alpha value is -1.43. The molecular weight excluding hydrogens is 248 g/mol. The summed E-state index contributed by atoms with van der Waals surface area (Å²) in [5.74, 6) is 0.858. The van der Waals surface area contributed by atoms with Crippen LogP contribution in [0.1, 0.15) is 49.9 Å². The zero-order valence-electron chi connectivity index (χ0n) is 11.4. The second kappa shape index (κ2) is 6.65. The first kappa shape index (κ1) is 14.0. The third kappa shape index (κ3) is 3.53. The first-order valence-corrected chi connectivity index (χ1v) is 6.66. The molecule has 0 N–H and O–H groups in total. The predicted octanol–water partition coefficient (Wildman–Crippen LogP) is 2.05. The molecule has 6 heteroatoms. The average molecular weight is 268 g/mol. The molecule has 106 valence electrons. The Morgan fingerprint density at radius 3 is 2.74 bits per heavy atom. The van der Waals surface area contributed by atoms with Crippen LogP contribution >= 0.6 is 0 Å². The fourth-order valence-corrected chi connectivity index (χ4v) is 2.60. The maximum atomic E-state index is 11.2. The Morgan fingerprint density at radius 1 is 1.37 bits per heavy atom. The van der Waals surface area contributed by atoms with Gasteiger partial charge in [0, 0.05) is 7.11 Å². The molecule has 1 fully saturated rings. The van der Waals surface area contributed by atoms with Crippen molar-refractivity contribution in [2.24, 2.45) is 5.92 Å². The van der Waals surface area contributed by atoms with Gasteiger partial charge in [-0.2, -0.15) is 4.98 Å². The summed E-state index contributed by atoms with van der Waals surface area (Å²) in [6.07, 6.45) is 5.83. The molecule has 2 rings (SSSR count). The van der Waals surface area contributed by atoms with Gasteiger partial charge in [-0.1, -0.05) is 24.4 Å². The number of rotatable bonds is 5. The highest BCUT2D eigenvalue weighted by atomic mass is 16.5. The lowest BCUT2D eigenvalue weighted by molar-refractivity contribution is -0.140. The Kier molecular flexibility index (Phi) is 4.90. The minimum absolute atomic E-state index is 0.00456. The van der Waals surface area contributed by atoms with Gasteiger partial charge in [0.1, 0.15) is 12.5 Å². The van der Waals surface area contributed by atoms with E-state index in [4.69, 9.17) is 9.26 Å². The maximum Gasteiger partial charge on any atom is 0.315 e. The van der Waals surface area contributed by atoms with E-state index in [1.54, 1.807) is 7.11 Å². The largest absolute Gasteiger partial charge is 0.469 e. The second-order valence-corrected chi connectivity index (χ2v) is 4.85. The van der Waals surface area contributed by atoms with Gasteiger partial charge in [-0.15, -0.1) is 0 Å². The van der Waals surface area contributed by atoms with Crippen LogP contribution in [-0.2, 0) is 20.7 Å². The lowest BCUT2D eigenvalue weighted by atomic mass is 9.85. The number of carbonyl (C=O) groups is 1. The van der Waals surface area contributed by atoms with Gasteiger partial charge in [-0.3, -0.25) is 4.79 Å². The summed E-state index contributed by atoms with van der Waals surface area (Å²) < 4.78 is 15.2. The van der Waals surface area contributed by atoms with Crippen molar-refractivity contribution in [1.29, 1.82) is 0 Å². The molecule has 1 unspecified atom stereocenters. The summed E-state index contributed by atoms with van der Waals surface area (Å²) >= 11 is 0. The number of aromatic nitrogens is 2. The van der Waals surface area contributed by atoms with Crippen LogP contribution in [0, 0.1) is 5.92 Å². The molecular formula is C13H20N2O4. The van der Waals surface area contributed by atoms with Crippen molar-refractivity contribution in [2.75, 3.05) is 14.2 Å². The van der Waals surface area contributed by atoms with E-state index >= 15 is 0 Å². The predicted molar refractivity (Wildman–Crippen MR) is 66.3 cm³/mol. The fourth-order valence-electron chi connectivity index (χ4n) is 2.60. The maximum absolute atomic E-state index is 11.2. The smallest absolute Gasteiger partial charge is 0.315 e. The van der Waals surface area contributed by atoms with E-state index in [1.165, 1.54) is 26.4 Å². The number of nitrogens with zero attached hydrogens (tertiary/aromatic N) is 2. The first-order valence-electron chi connectivity index (χ1n) is 6.66. The van der Waals surface area contributed by atoms with Crippen LogP contribution in [0.2, 0.25) is 0 Å². The summed E-state index contributed by atoms with van der Waals surface area (Å²) in [5, 5.41) is 3.93. The Balaban J connectivity index is 2.03. The molecule has 1 aromatic rings. The Bertz CT molecular complexity index is 413.